The molecule has 0 spiro atoms. The van der Waals surface area contributed by atoms with Crippen LogP contribution in [0.3, 0.4) is 0 Å². The Kier molecular flexibility index (Phi) is 5.71. The molecule has 1 aromatic carbocycles. The fourth-order valence-corrected chi connectivity index (χ4v) is 3.88. The van der Waals surface area contributed by atoms with Crippen molar-refractivity contribution < 1.29 is 19.7 Å². The van der Waals surface area contributed by atoms with Crippen LogP contribution in [0, 0.1) is 11.8 Å². The summed E-state index contributed by atoms with van der Waals surface area (Å²) in [7, 11) is 0. The molecule has 4 heteroatoms. The summed E-state index contributed by atoms with van der Waals surface area (Å²) < 4.78 is 6.08. The first kappa shape index (κ1) is 17.9. The van der Waals surface area contributed by atoms with Gasteiger partial charge in [0, 0.05) is 5.92 Å². The fraction of sp³-hybridized carbons (Fsp3) is 0.476. The highest BCUT2D eigenvalue weighted by Crippen LogP contribution is 2.45. The molecule has 5 atom stereocenters. The number of allylic oxidation sites excluding steroid dienone is 1. The molecule has 0 radical (unpaired) electrons. The molecule has 2 saturated heterocycles. The molecule has 4 nitrogen and oxygen atoms in total. The van der Waals surface area contributed by atoms with E-state index >= 15 is 0 Å². The molecule has 2 heterocycles. The van der Waals surface area contributed by atoms with Gasteiger partial charge in [-0.15, -0.1) is 0 Å². The highest BCUT2D eigenvalue weighted by Gasteiger charge is 2.46. The first-order chi connectivity index (χ1) is 12.1. The molecule has 0 aliphatic carbocycles. The number of fused-ring (bicyclic) bond motifs is 2. The Morgan fingerprint density at radius 3 is 2.68 bits per heavy atom. The highest BCUT2D eigenvalue weighted by molar-refractivity contribution is 5.87. The summed E-state index contributed by atoms with van der Waals surface area (Å²) in [5, 5.41) is 18.7. The predicted molar refractivity (Wildman–Crippen MR) is 97.4 cm³/mol. The van der Waals surface area contributed by atoms with E-state index in [4.69, 9.17) is 9.84 Å². The van der Waals surface area contributed by atoms with Crippen molar-refractivity contribution in [2.75, 3.05) is 0 Å². The maximum atomic E-state index is 10.9. The summed E-state index contributed by atoms with van der Waals surface area (Å²) in [4.78, 5) is 10.9. The van der Waals surface area contributed by atoms with Crippen LogP contribution >= 0.6 is 0 Å². The molecular formula is C21H26O4. The van der Waals surface area contributed by atoms with E-state index in [2.05, 4.69) is 12.2 Å². The average Bonchev–Trinajstić information content (AvgIpc) is 3.22. The highest BCUT2D eigenvalue weighted by atomic mass is 16.5. The van der Waals surface area contributed by atoms with Gasteiger partial charge in [-0.3, -0.25) is 0 Å². The van der Waals surface area contributed by atoms with Gasteiger partial charge in [0.2, 0.25) is 0 Å². The second-order valence-electron chi connectivity index (χ2n) is 6.96. The van der Waals surface area contributed by atoms with Gasteiger partial charge in [-0.2, -0.15) is 0 Å². The van der Waals surface area contributed by atoms with Crippen LogP contribution in [0.5, 0.6) is 0 Å². The third-order valence-electron chi connectivity index (χ3n) is 5.34. The number of benzene rings is 1. The first-order valence-electron chi connectivity index (χ1n) is 9.10. The van der Waals surface area contributed by atoms with E-state index < -0.39 is 5.97 Å². The zero-order chi connectivity index (χ0) is 17.8. The Morgan fingerprint density at radius 1 is 1.28 bits per heavy atom. The number of carbonyl (C=O) groups is 1. The normalized spacial score (nSPS) is 29.7. The monoisotopic (exact) mass is 342 g/mol. The molecular weight excluding hydrogens is 316 g/mol. The van der Waals surface area contributed by atoms with Gasteiger partial charge in [0.25, 0.3) is 0 Å². The van der Waals surface area contributed by atoms with Gasteiger partial charge in [0.05, 0.1) is 23.9 Å². The summed E-state index contributed by atoms with van der Waals surface area (Å²) in [6.07, 6.45) is 12.4. The van der Waals surface area contributed by atoms with Crippen molar-refractivity contribution in [3.8, 4) is 0 Å². The molecule has 25 heavy (non-hydrogen) atoms. The lowest BCUT2D eigenvalue weighted by molar-refractivity contribution is 0.0697. The van der Waals surface area contributed by atoms with Crippen LogP contribution < -0.4 is 0 Å². The molecule has 2 aliphatic heterocycles. The van der Waals surface area contributed by atoms with E-state index in [0.29, 0.717) is 29.6 Å². The van der Waals surface area contributed by atoms with Gasteiger partial charge in [-0.25, -0.2) is 4.79 Å². The Morgan fingerprint density at radius 2 is 2.00 bits per heavy atom. The molecule has 0 aromatic heterocycles. The third-order valence-corrected chi connectivity index (χ3v) is 5.34. The van der Waals surface area contributed by atoms with Crippen LogP contribution in [0.1, 0.15) is 48.5 Å². The average molecular weight is 342 g/mol. The van der Waals surface area contributed by atoms with Crippen molar-refractivity contribution in [3.05, 3.63) is 53.6 Å². The van der Waals surface area contributed by atoms with Gasteiger partial charge in [0.1, 0.15) is 0 Å². The first-order valence-corrected chi connectivity index (χ1v) is 9.10. The minimum atomic E-state index is -0.904. The number of ether oxygens (including phenoxy) is 1. The summed E-state index contributed by atoms with van der Waals surface area (Å²) in [6.45, 7) is 1.97. The van der Waals surface area contributed by atoms with Crippen LogP contribution in [0.4, 0.5) is 0 Å². The Hall–Kier alpha value is -1.91. The quantitative estimate of drug-likeness (QED) is 0.737. The van der Waals surface area contributed by atoms with Crippen molar-refractivity contribution >= 4 is 12.0 Å². The van der Waals surface area contributed by atoms with Crippen molar-refractivity contribution in [1.82, 2.24) is 0 Å². The third kappa shape index (κ3) is 4.20. The minimum absolute atomic E-state index is 0.290. The van der Waals surface area contributed by atoms with Gasteiger partial charge >= 0.3 is 5.97 Å². The summed E-state index contributed by atoms with van der Waals surface area (Å²) in [5.74, 6) is -0.0776. The summed E-state index contributed by atoms with van der Waals surface area (Å²) in [5.41, 5.74) is 1.31. The molecule has 2 bridgehead atoms. The second kappa shape index (κ2) is 7.98. The zero-order valence-electron chi connectivity index (χ0n) is 14.5. The number of carboxylic acids is 1. The SMILES string of the molecule is CCC(O)C=C[C@H]1[C@@H](CC=Cc2ccc(C(=O)O)cc2)[C@H]2CC[C@@H]1O2. The summed E-state index contributed by atoms with van der Waals surface area (Å²) in [6, 6.07) is 6.90. The van der Waals surface area contributed by atoms with Gasteiger partial charge in [-0.05, 0) is 49.3 Å². The fourth-order valence-electron chi connectivity index (χ4n) is 3.88. The van der Waals surface area contributed by atoms with Crippen LogP contribution in [0.25, 0.3) is 6.08 Å². The number of hydrogen-bond acceptors (Lipinski definition) is 3. The summed E-state index contributed by atoms with van der Waals surface area (Å²) >= 11 is 0. The lowest BCUT2D eigenvalue weighted by atomic mass is 9.77. The number of aliphatic hydroxyl groups excluding tert-OH is 1. The van der Waals surface area contributed by atoms with Crippen molar-refractivity contribution in [1.29, 1.82) is 0 Å². The van der Waals surface area contributed by atoms with Crippen molar-refractivity contribution in [3.63, 3.8) is 0 Å². The zero-order valence-corrected chi connectivity index (χ0v) is 14.5. The maximum Gasteiger partial charge on any atom is 0.335 e. The van der Waals surface area contributed by atoms with E-state index in [1.54, 1.807) is 12.1 Å². The molecule has 3 rings (SSSR count). The van der Waals surface area contributed by atoms with E-state index in [0.717, 1.165) is 31.2 Å². The standard InChI is InChI=1S/C21H26O4/c1-2-16(22)10-11-18-17(19-12-13-20(18)25-19)5-3-4-14-6-8-15(9-7-14)21(23)24/h3-4,6-11,16-20,22H,2,5,12-13H2,1H3,(H,23,24)/t16?,17-,18+,19-,20+/m1/s1. The Balaban J connectivity index is 1.62. The molecule has 1 unspecified atom stereocenters. The molecule has 0 saturated carbocycles. The van der Waals surface area contributed by atoms with Crippen LogP contribution in [0.2, 0.25) is 0 Å². The lowest BCUT2D eigenvalue weighted by Crippen LogP contribution is -2.25. The van der Waals surface area contributed by atoms with Crippen LogP contribution in [-0.4, -0.2) is 34.5 Å². The number of aromatic carboxylic acids is 1. The van der Waals surface area contributed by atoms with Crippen molar-refractivity contribution in [2.45, 2.75) is 50.9 Å². The van der Waals surface area contributed by atoms with Gasteiger partial charge in [-0.1, -0.05) is 43.4 Å². The number of rotatable bonds is 7. The maximum absolute atomic E-state index is 10.9. The molecule has 1 aromatic rings. The molecule has 2 N–H and O–H groups in total. The van der Waals surface area contributed by atoms with Crippen LogP contribution in [0.15, 0.2) is 42.5 Å². The Bertz CT molecular complexity index is 646. The molecule has 134 valence electrons. The number of aliphatic hydroxyl groups is 1. The molecule has 2 fully saturated rings. The van der Waals surface area contributed by atoms with E-state index in [9.17, 15) is 9.90 Å². The van der Waals surface area contributed by atoms with Gasteiger partial charge < -0.3 is 14.9 Å². The predicted octanol–water partition coefficient (Wildman–Crippen LogP) is 3.91. The van der Waals surface area contributed by atoms with Crippen molar-refractivity contribution in [2.24, 2.45) is 11.8 Å². The second-order valence-corrected chi connectivity index (χ2v) is 6.96. The van der Waals surface area contributed by atoms with Gasteiger partial charge in [0.15, 0.2) is 0 Å². The van der Waals surface area contributed by atoms with E-state index in [-0.39, 0.29) is 6.10 Å². The molecule has 0 amide bonds. The lowest BCUT2D eigenvalue weighted by Gasteiger charge is -2.24. The topological polar surface area (TPSA) is 66.8 Å². The number of hydrogen-bond donors (Lipinski definition) is 2. The number of carboxylic acid groups (broad SMARTS) is 1. The molecule has 2 aliphatic rings. The van der Waals surface area contributed by atoms with Crippen LogP contribution in [-0.2, 0) is 4.74 Å². The smallest absolute Gasteiger partial charge is 0.335 e. The van der Waals surface area contributed by atoms with E-state index in [1.165, 1.54) is 0 Å². The Labute approximate surface area is 148 Å². The largest absolute Gasteiger partial charge is 0.478 e. The van der Waals surface area contributed by atoms with E-state index in [1.807, 2.05) is 31.2 Å². The minimum Gasteiger partial charge on any atom is -0.478 e.